The quantitative estimate of drug-likeness (QED) is 0.172. The number of aromatic carboxylic acids is 1. The normalized spacial score (nSPS) is 10.8. The van der Waals surface area contributed by atoms with Crippen molar-refractivity contribution < 1.29 is 45.7 Å². The molecule has 1 N–H and O–H groups in total. The van der Waals surface area contributed by atoms with Crippen molar-refractivity contribution in [3.63, 3.8) is 0 Å². The lowest BCUT2D eigenvalue weighted by atomic mass is 10.2. The number of carbonyl (C=O) groups excluding carboxylic acids is 1. The fourth-order valence-electron chi connectivity index (χ4n) is 3.58. The molecule has 2 aromatic carbocycles. The molecule has 248 valence electrons. The minimum atomic E-state index is -3.48. The van der Waals surface area contributed by atoms with E-state index in [9.17, 15) is 26.4 Å². The van der Waals surface area contributed by atoms with Crippen LogP contribution in [0.4, 0.5) is 11.4 Å². The zero-order valence-electron chi connectivity index (χ0n) is 26.1. The number of hydrogen-bond acceptors (Lipinski definition) is 9. The molecule has 0 unspecified atom stereocenters. The molecular formula is C31H42N2O10S2. The number of anilines is 2. The van der Waals surface area contributed by atoms with Gasteiger partial charge >= 0.3 is 11.9 Å². The Bertz CT molecular complexity index is 1550. The van der Waals surface area contributed by atoms with E-state index in [0.29, 0.717) is 24.3 Å². The summed E-state index contributed by atoms with van der Waals surface area (Å²) in [7, 11) is -4.12. The summed E-state index contributed by atoms with van der Waals surface area (Å²) in [4.78, 5) is 23.2. The van der Waals surface area contributed by atoms with Gasteiger partial charge in [-0.05, 0) is 37.1 Å². The van der Waals surface area contributed by atoms with Gasteiger partial charge in [0.2, 0.25) is 20.0 Å². The van der Waals surface area contributed by atoms with Crippen molar-refractivity contribution >= 4 is 43.4 Å². The van der Waals surface area contributed by atoms with Gasteiger partial charge in [0.1, 0.15) is 31.3 Å². The van der Waals surface area contributed by atoms with Crippen molar-refractivity contribution in [1.29, 1.82) is 0 Å². The van der Waals surface area contributed by atoms with Crippen LogP contribution in [0.25, 0.3) is 0 Å². The number of sulfonamides is 2. The van der Waals surface area contributed by atoms with E-state index in [-0.39, 0.29) is 53.9 Å². The highest BCUT2D eigenvalue weighted by molar-refractivity contribution is 7.93. The molecule has 0 bridgehead atoms. The van der Waals surface area contributed by atoms with Gasteiger partial charge in [0.15, 0.2) is 0 Å². The number of ether oxygens (including phenoxy) is 3. The Hall–Kier alpha value is -4.30. The first-order chi connectivity index (χ1) is 21.2. The summed E-state index contributed by atoms with van der Waals surface area (Å²) < 4.78 is 66.6. The van der Waals surface area contributed by atoms with Crippen molar-refractivity contribution in [2.45, 2.75) is 26.7 Å². The van der Waals surface area contributed by atoms with Crippen LogP contribution in [0.15, 0.2) is 74.4 Å². The fraction of sp³-hybridized carbons (Fsp3) is 0.355. The predicted octanol–water partition coefficient (Wildman–Crippen LogP) is 4.90. The van der Waals surface area contributed by atoms with E-state index in [4.69, 9.17) is 19.3 Å². The molecule has 0 saturated heterocycles. The monoisotopic (exact) mass is 666 g/mol. The number of carbonyl (C=O) groups is 2. The lowest BCUT2D eigenvalue weighted by Gasteiger charge is -2.20. The zero-order valence-corrected chi connectivity index (χ0v) is 27.7. The molecule has 45 heavy (non-hydrogen) atoms. The molecule has 0 aliphatic rings. The van der Waals surface area contributed by atoms with Gasteiger partial charge in [-0.3, -0.25) is 8.61 Å². The number of rotatable bonds is 18. The van der Waals surface area contributed by atoms with Gasteiger partial charge in [0.05, 0.1) is 34.0 Å². The Balaban J connectivity index is 0.000000454. The second-order valence-electron chi connectivity index (χ2n) is 9.39. The minimum Gasteiger partial charge on any atom is -0.489 e. The van der Waals surface area contributed by atoms with Gasteiger partial charge in [-0.1, -0.05) is 51.8 Å². The molecule has 0 radical (unpaired) electrons. The van der Waals surface area contributed by atoms with E-state index in [1.165, 1.54) is 56.6 Å². The highest BCUT2D eigenvalue weighted by atomic mass is 32.2. The third-order valence-corrected chi connectivity index (χ3v) is 9.76. The van der Waals surface area contributed by atoms with Gasteiger partial charge in [0, 0.05) is 26.2 Å². The van der Waals surface area contributed by atoms with Crippen molar-refractivity contribution in [2.75, 3.05) is 54.0 Å². The lowest BCUT2D eigenvalue weighted by Crippen LogP contribution is -2.29. The fourth-order valence-corrected chi connectivity index (χ4v) is 6.01. The van der Waals surface area contributed by atoms with Gasteiger partial charge in [-0.2, -0.15) is 0 Å². The maximum absolute atomic E-state index is 12.2. The smallest absolute Gasteiger partial charge is 0.338 e. The maximum Gasteiger partial charge on any atom is 0.338 e. The van der Waals surface area contributed by atoms with Crippen molar-refractivity contribution in [2.24, 2.45) is 0 Å². The first-order valence-corrected chi connectivity index (χ1v) is 17.1. The molecule has 0 aliphatic carbocycles. The van der Waals surface area contributed by atoms with Crippen molar-refractivity contribution in [1.82, 2.24) is 0 Å². The second kappa shape index (κ2) is 18.5. The van der Waals surface area contributed by atoms with E-state index in [2.05, 4.69) is 19.7 Å². The van der Waals surface area contributed by atoms with Crippen LogP contribution in [0.1, 0.15) is 47.4 Å². The van der Waals surface area contributed by atoms with E-state index in [1.54, 1.807) is 26.0 Å². The van der Waals surface area contributed by atoms with Crippen LogP contribution >= 0.6 is 0 Å². The first kappa shape index (κ1) is 38.7. The molecule has 2 aromatic rings. The van der Waals surface area contributed by atoms with Crippen molar-refractivity contribution in [3.8, 4) is 11.5 Å². The van der Waals surface area contributed by atoms with Gasteiger partial charge < -0.3 is 19.3 Å². The van der Waals surface area contributed by atoms with Gasteiger partial charge in [-0.15, -0.1) is 0 Å². The Morgan fingerprint density at radius 3 is 1.49 bits per heavy atom. The summed E-state index contributed by atoms with van der Waals surface area (Å²) in [5.41, 5.74) is 0.745. The van der Waals surface area contributed by atoms with Crippen LogP contribution in [-0.4, -0.2) is 79.3 Å². The molecule has 12 nitrogen and oxygen atoms in total. The number of esters is 1. The molecule has 0 atom stereocenters. The van der Waals surface area contributed by atoms with Crippen LogP contribution in [0, 0.1) is 0 Å². The minimum absolute atomic E-state index is 0.0103. The third kappa shape index (κ3) is 12.3. The second-order valence-corrected chi connectivity index (χ2v) is 13.6. The molecule has 0 spiro atoms. The number of carboxylic acid groups (broad SMARTS) is 1. The molecule has 0 aromatic heterocycles. The Morgan fingerprint density at radius 1 is 0.711 bits per heavy atom. The van der Waals surface area contributed by atoms with Gasteiger partial charge in [-0.25, -0.2) is 26.4 Å². The average Bonchev–Trinajstić information content (AvgIpc) is 3.00. The van der Waals surface area contributed by atoms with E-state index >= 15 is 0 Å². The predicted molar refractivity (Wildman–Crippen MR) is 177 cm³/mol. The van der Waals surface area contributed by atoms with Crippen LogP contribution < -0.4 is 18.1 Å². The summed E-state index contributed by atoms with van der Waals surface area (Å²) in [5.74, 6) is -1.09. The molecule has 0 fully saturated rings. The van der Waals surface area contributed by atoms with Crippen LogP contribution in [0.5, 0.6) is 11.5 Å². The highest BCUT2D eigenvalue weighted by Crippen LogP contribution is 2.27. The zero-order chi connectivity index (χ0) is 34.2. The SMILES string of the molecule is C=CCOC(=O)c1cc(OCC=C)cc(N(C)S(=O)(=O)CCC)c1.C=CCOc1cc(C(=O)O)cc(N(C)S(=O)(=O)CCC)c1. The maximum atomic E-state index is 12.2. The van der Waals surface area contributed by atoms with Gasteiger partial charge in [0.25, 0.3) is 0 Å². The largest absolute Gasteiger partial charge is 0.489 e. The molecule has 0 saturated carbocycles. The molecule has 14 heteroatoms. The topological polar surface area (TPSA) is 157 Å². The van der Waals surface area contributed by atoms with E-state index < -0.39 is 32.0 Å². The Morgan fingerprint density at radius 2 is 1.11 bits per heavy atom. The van der Waals surface area contributed by atoms with Crippen LogP contribution in [0.3, 0.4) is 0 Å². The number of carboxylic acids is 1. The average molecular weight is 667 g/mol. The van der Waals surface area contributed by atoms with Crippen LogP contribution in [-0.2, 0) is 24.8 Å². The van der Waals surface area contributed by atoms with E-state index in [0.717, 1.165) is 8.61 Å². The molecule has 0 heterocycles. The molecule has 0 aliphatic heterocycles. The molecule has 0 amide bonds. The summed E-state index contributed by atoms with van der Waals surface area (Å²) in [6, 6.07) is 8.65. The van der Waals surface area contributed by atoms with Crippen LogP contribution in [0.2, 0.25) is 0 Å². The molecular weight excluding hydrogens is 624 g/mol. The number of hydrogen-bond donors (Lipinski definition) is 1. The Labute approximate surface area is 266 Å². The first-order valence-electron chi connectivity index (χ1n) is 13.9. The lowest BCUT2D eigenvalue weighted by molar-refractivity contribution is 0.0548. The van der Waals surface area contributed by atoms with E-state index in [1.807, 2.05) is 0 Å². The number of nitrogens with zero attached hydrogens (tertiary/aromatic N) is 2. The number of benzene rings is 2. The Kier molecular flexibility index (Phi) is 15.9. The summed E-state index contributed by atoms with van der Waals surface area (Å²) in [6.45, 7) is 14.6. The standard InChI is InChI=1S/C17H23NO5S.C14H19NO5S/c1-5-8-22-16-12-14(17(19)23-9-6-2)11-15(13-16)18(4)24(20,21)10-7-3;1-4-6-20-13-9-11(14(16)17)8-12(10-13)15(3)21(18,19)7-5-2/h5-6,11-13H,1-2,7-10H2,3-4H3;4,8-10H,1,5-7H2,2-3H3,(H,16,17). The summed E-state index contributed by atoms with van der Waals surface area (Å²) in [5, 5.41) is 9.10. The molecule has 2 rings (SSSR count). The highest BCUT2D eigenvalue weighted by Gasteiger charge is 2.21. The summed E-state index contributed by atoms with van der Waals surface area (Å²) in [6.07, 6.45) is 5.50. The summed E-state index contributed by atoms with van der Waals surface area (Å²) >= 11 is 0. The third-order valence-electron chi connectivity index (χ3n) is 5.82. The van der Waals surface area contributed by atoms with Crippen molar-refractivity contribution in [3.05, 3.63) is 85.5 Å².